The minimum atomic E-state index is -0.170. The molecule has 98 valence electrons. The molecule has 1 amide bonds. The first-order valence-electron chi connectivity index (χ1n) is 6.53. The zero-order valence-corrected chi connectivity index (χ0v) is 11.3. The van der Waals surface area contributed by atoms with Gasteiger partial charge < -0.3 is 5.32 Å². The van der Waals surface area contributed by atoms with Crippen molar-refractivity contribution in [1.29, 1.82) is 0 Å². The molecule has 1 aromatic carbocycles. The van der Waals surface area contributed by atoms with Crippen LogP contribution in [0.2, 0.25) is 0 Å². The van der Waals surface area contributed by atoms with E-state index in [-0.39, 0.29) is 5.91 Å². The normalized spacial score (nSPS) is 11.9. The van der Waals surface area contributed by atoms with Gasteiger partial charge in [0.2, 0.25) is 0 Å². The summed E-state index contributed by atoms with van der Waals surface area (Å²) in [6, 6.07) is 13.2. The molecule has 0 aliphatic rings. The van der Waals surface area contributed by atoms with E-state index in [0.717, 1.165) is 17.7 Å². The Morgan fingerprint density at radius 3 is 2.63 bits per heavy atom. The fraction of sp³-hybridized carbons (Fsp3) is 0.250. The van der Waals surface area contributed by atoms with Crippen LogP contribution in [0.25, 0.3) is 0 Å². The molecule has 3 heteroatoms. The van der Waals surface area contributed by atoms with Crippen LogP contribution < -0.4 is 5.32 Å². The van der Waals surface area contributed by atoms with E-state index in [0.29, 0.717) is 11.6 Å². The highest BCUT2D eigenvalue weighted by atomic mass is 16.1. The van der Waals surface area contributed by atoms with Crippen LogP contribution >= 0.6 is 0 Å². The smallest absolute Gasteiger partial charge is 0.274 e. The topological polar surface area (TPSA) is 42.0 Å². The van der Waals surface area contributed by atoms with Crippen LogP contribution in [0.15, 0.2) is 48.7 Å². The van der Waals surface area contributed by atoms with Crippen molar-refractivity contribution < 1.29 is 4.79 Å². The van der Waals surface area contributed by atoms with E-state index < -0.39 is 0 Å². The lowest BCUT2D eigenvalue weighted by atomic mass is 9.97. The Bertz CT molecular complexity index is 552. The standard InChI is InChI=1S/C16H18N2O/c1-3-12(2)13-8-4-5-9-14(13)18-16(19)15-10-6-7-11-17-15/h4-12H,3H2,1-2H3,(H,18,19). The van der Waals surface area contributed by atoms with Crippen molar-refractivity contribution in [3.63, 3.8) is 0 Å². The molecule has 1 aromatic heterocycles. The number of nitrogens with one attached hydrogen (secondary N) is 1. The molecule has 0 bridgehead atoms. The van der Waals surface area contributed by atoms with Crippen molar-refractivity contribution in [3.8, 4) is 0 Å². The summed E-state index contributed by atoms with van der Waals surface area (Å²) in [7, 11) is 0. The third kappa shape index (κ3) is 3.19. The Morgan fingerprint density at radius 2 is 1.95 bits per heavy atom. The summed E-state index contributed by atoms with van der Waals surface area (Å²) in [5.74, 6) is 0.247. The number of pyridine rings is 1. The number of anilines is 1. The first-order valence-corrected chi connectivity index (χ1v) is 6.53. The fourth-order valence-corrected chi connectivity index (χ4v) is 1.94. The zero-order valence-electron chi connectivity index (χ0n) is 11.3. The summed E-state index contributed by atoms with van der Waals surface area (Å²) in [4.78, 5) is 16.2. The Hall–Kier alpha value is -2.16. The summed E-state index contributed by atoms with van der Waals surface area (Å²) in [5.41, 5.74) is 2.46. The minimum Gasteiger partial charge on any atom is -0.320 e. The Morgan fingerprint density at radius 1 is 1.21 bits per heavy atom. The van der Waals surface area contributed by atoms with Crippen molar-refractivity contribution in [3.05, 3.63) is 59.9 Å². The molecule has 19 heavy (non-hydrogen) atoms. The second-order valence-corrected chi connectivity index (χ2v) is 4.57. The van der Waals surface area contributed by atoms with Crippen molar-refractivity contribution in [2.24, 2.45) is 0 Å². The maximum Gasteiger partial charge on any atom is 0.274 e. The van der Waals surface area contributed by atoms with Crippen molar-refractivity contribution in [2.75, 3.05) is 5.32 Å². The van der Waals surface area contributed by atoms with Gasteiger partial charge in [0.25, 0.3) is 5.91 Å². The second-order valence-electron chi connectivity index (χ2n) is 4.57. The van der Waals surface area contributed by atoms with Crippen LogP contribution in [-0.4, -0.2) is 10.9 Å². The zero-order chi connectivity index (χ0) is 13.7. The third-order valence-electron chi connectivity index (χ3n) is 3.25. The molecule has 0 aliphatic heterocycles. The predicted molar refractivity (Wildman–Crippen MR) is 77.3 cm³/mol. The van der Waals surface area contributed by atoms with Crippen LogP contribution in [0.1, 0.15) is 42.2 Å². The van der Waals surface area contributed by atoms with E-state index in [9.17, 15) is 4.79 Å². The third-order valence-corrected chi connectivity index (χ3v) is 3.25. The number of carbonyl (C=O) groups excluding carboxylic acids is 1. The number of nitrogens with zero attached hydrogens (tertiary/aromatic N) is 1. The Balaban J connectivity index is 2.22. The number of carbonyl (C=O) groups is 1. The molecule has 2 aromatic rings. The van der Waals surface area contributed by atoms with Gasteiger partial charge in [-0.15, -0.1) is 0 Å². The molecule has 0 aliphatic carbocycles. The maximum atomic E-state index is 12.1. The molecule has 0 spiro atoms. The molecule has 0 saturated heterocycles. The largest absolute Gasteiger partial charge is 0.320 e. The lowest BCUT2D eigenvalue weighted by molar-refractivity contribution is 0.102. The van der Waals surface area contributed by atoms with Crippen molar-refractivity contribution >= 4 is 11.6 Å². The van der Waals surface area contributed by atoms with E-state index in [1.807, 2.05) is 24.3 Å². The van der Waals surface area contributed by atoms with Gasteiger partial charge in [0, 0.05) is 11.9 Å². The van der Waals surface area contributed by atoms with E-state index in [1.54, 1.807) is 18.3 Å². The highest BCUT2D eigenvalue weighted by Gasteiger charge is 2.12. The number of benzene rings is 1. The molecule has 0 saturated carbocycles. The van der Waals surface area contributed by atoms with Gasteiger partial charge in [-0.25, -0.2) is 0 Å². The van der Waals surface area contributed by atoms with Crippen LogP contribution in [0.3, 0.4) is 0 Å². The molecule has 0 fully saturated rings. The number of amides is 1. The van der Waals surface area contributed by atoms with Crippen molar-refractivity contribution in [1.82, 2.24) is 4.98 Å². The Labute approximate surface area is 113 Å². The average molecular weight is 254 g/mol. The second kappa shape index (κ2) is 6.14. The predicted octanol–water partition coefficient (Wildman–Crippen LogP) is 3.85. The fourth-order valence-electron chi connectivity index (χ4n) is 1.94. The molecule has 1 heterocycles. The van der Waals surface area contributed by atoms with Gasteiger partial charge in [0.05, 0.1) is 0 Å². The number of aromatic nitrogens is 1. The first kappa shape index (κ1) is 13.3. The quantitative estimate of drug-likeness (QED) is 0.900. The summed E-state index contributed by atoms with van der Waals surface area (Å²) < 4.78 is 0. The van der Waals surface area contributed by atoms with Crippen LogP contribution in [0.4, 0.5) is 5.69 Å². The summed E-state index contributed by atoms with van der Waals surface area (Å²) in [6.45, 7) is 4.30. The molecule has 1 atom stereocenters. The highest BCUT2D eigenvalue weighted by molar-refractivity contribution is 6.03. The van der Waals surface area contributed by atoms with Crippen LogP contribution in [-0.2, 0) is 0 Å². The van der Waals surface area contributed by atoms with Crippen molar-refractivity contribution in [2.45, 2.75) is 26.2 Å². The summed E-state index contributed by atoms with van der Waals surface area (Å²) >= 11 is 0. The van der Waals surface area contributed by atoms with E-state index in [1.165, 1.54) is 0 Å². The first-order chi connectivity index (χ1) is 9.22. The van der Waals surface area contributed by atoms with Crippen LogP contribution in [0, 0.1) is 0 Å². The monoisotopic (exact) mass is 254 g/mol. The molecule has 1 unspecified atom stereocenters. The number of hydrogen-bond acceptors (Lipinski definition) is 2. The number of rotatable bonds is 4. The minimum absolute atomic E-state index is 0.170. The number of hydrogen-bond donors (Lipinski definition) is 1. The van der Waals surface area contributed by atoms with Gasteiger partial charge in [-0.1, -0.05) is 38.1 Å². The molecule has 2 rings (SSSR count). The molecular formula is C16H18N2O. The molecule has 1 N–H and O–H groups in total. The van der Waals surface area contributed by atoms with Gasteiger partial charge >= 0.3 is 0 Å². The molecule has 3 nitrogen and oxygen atoms in total. The summed E-state index contributed by atoms with van der Waals surface area (Å²) in [5, 5.41) is 2.94. The van der Waals surface area contributed by atoms with Crippen LogP contribution in [0.5, 0.6) is 0 Å². The van der Waals surface area contributed by atoms with Gasteiger partial charge in [-0.2, -0.15) is 0 Å². The van der Waals surface area contributed by atoms with E-state index in [2.05, 4.69) is 30.2 Å². The summed E-state index contributed by atoms with van der Waals surface area (Å²) in [6.07, 6.45) is 2.66. The average Bonchev–Trinajstić information content (AvgIpc) is 2.48. The van der Waals surface area contributed by atoms with E-state index >= 15 is 0 Å². The Kier molecular flexibility index (Phi) is 4.29. The lowest BCUT2D eigenvalue weighted by Gasteiger charge is -2.15. The van der Waals surface area contributed by atoms with Gasteiger partial charge in [-0.05, 0) is 36.1 Å². The van der Waals surface area contributed by atoms with Gasteiger partial charge in [-0.3, -0.25) is 9.78 Å². The lowest BCUT2D eigenvalue weighted by Crippen LogP contribution is -2.15. The molecule has 0 radical (unpaired) electrons. The molecular weight excluding hydrogens is 236 g/mol. The highest BCUT2D eigenvalue weighted by Crippen LogP contribution is 2.26. The SMILES string of the molecule is CCC(C)c1ccccc1NC(=O)c1ccccn1. The van der Waals surface area contributed by atoms with Gasteiger partial charge in [0.15, 0.2) is 0 Å². The van der Waals surface area contributed by atoms with Gasteiger partial charge in [0.1, 0.15) is 5.69 Å². The maximum absolute atomic E-state index is 12.1. The number of para-hydroxylation sites is 1. The van der Waals surface area contributed by atoms with E-state index in [4.69, 9.17) is 0 Å².